The van der Waals surface area contributed by atoms with Gasteiger partial charge in [0.1, 0.15) is 6.10 Å². The van der Waals surface area contributed by atoms with Crippen molar-refractivity contribution in [2.45, 2.75) is 82.3 Å². The van der Waals surface area contributed by atoms with E-state index in [1.165, 1.54) is 27.7 Å². The van der Waals surface area contributed by atoms with E-state index in [-0.39, 0.29) is 17.1 Å². The van der Waals surface area contributed by atoms with E-state index >= 15 is 0 Å². The predicted octanol–water partition coefficient (Wildman–Crippen LogP) is 4.28. The summed E-state index contributed by atoms with van der Waals surface area (Å²) in [6.45, 7) is 6.74. The smallest absolute Gasteiger partial charge is 0.105 e. The van der Waals surface area contributed by atoms with Gasteiger partial charge in [0.2, 0.25) is 0 Å². The molecule has 0 radical (unpaired) electrons. The standard InChI is InChI=1S/C30H37N3O3/c1-16-14-28(3)20(18-6-7-19-17(2)31-32-23(19)12-18)8-9-25(28)30-11-10-29(36-30)15-24(33(4)5)27(35)26(34)22(29)13-21(16)30/h6-8,12-13,24-27,34-35H,9-11,14-15H2,1-5H3,(H,31,32). The Labute approximate surface area is 212 Å². The minimum Gasteiger partial charge on any atom is -0.388 e. The summed E-state index contributed by atoms with van der Waals surface area (Å²) in [4.78, 5) is 2.04. The molecule has 1 aromatic carbocycles. The molecular weight excluding hydrogens is 450 g/mol. The number of allylic oxidation sites excluding steroid dienone is 3. The molecule has 36 heavy (non-hydrogen) atoms. The largest absolute Gasteiger partial charge is 0.388 e. The van der Waals surface area contributed by atoms with Gasteiger partial charge in [0.05, 0.1) is 22.8 Å². The number of hydrogen-bond acceptors (Lipinski definition) is 5. The van der Waals surface area contributed by atoms with Gasteiger partial charge in [0, 0.05) is 28.5 Å². The summed E-state index contributed by atoms with van der Waals surface area (Å²) < 4.78 is 7.31. The van der Waals surface area contributed by atoms with E-state index < -0.39 is 17.8 Å². The molecule has 190 valence electrons. The van der Waals surface area contributed by atoms with Crippen LogP contribution in [0.1, 0.15) is 57.2 Å². The number of ether oxygens (including phenoxy) is 1. The third kappa shape index (κ3) is 2.68. The first-order chi connectivity index (χ1) is 17.1. The summed E-state index contributed by atoms with van der Waals surface area (Å²) >= 11 is 0. The number of aliphatic hydroxyl groups is 2. The molecule has 6 nitrogen and oxygen atoms in total. The maximum absolute atomic E-state index is 11.2. The summed E-state index contributed by atoms with van der Waals surface area (Å²) in [6.07, 6.45) is 7.52. The van der Waals surface area contributed by atoms with Gasteiger partial charge in [0.25, 0.3) is 0 Å². The lowest BCUT2D eigenvalue weighted by Crippen LogP contribution is -2.62. The summed E-state index contributed by atoms with van der Waals surface area (Å²) in [7, 11) is 3.97. The quantitative estimate of drug-likeness (QED) is 0.589. The average molecular weight is 488 g/mol. The fourth-order valence-electron chi connectivity index (χ4n) is 8.76. The van der Waals surface area contributed by atoms with Gasteiger partial charge in [-0.25, -0.2) is 0 Å². The van der Waals surface area contributed by atoms with E-state index in [1.54, 1.807) is 0 Å². The second-order valence-corrected chi connectivity index (χ2v) is 12.5. The van der Waals surface area contributed by atoms with E-state index in [4.69, 9.17) is 4.74 Å². The Morgan fingerprint density at radius 2 is 1.97 bits per heavy atom. The lowest BCUT2D eigenvalue weighted by molar-refractivity contribution is -0.162. The molecule has 3 heterocycles. The van der Waals surface area contributed by atoms with Gasteiger partial charge >= 0.3 is 0 Å². The predicted molar refractivity (Wildman–Crippen MR) is 140 cm³/mol. The Balaban J connectivity index is 1.33. The number of nitrogens with one attached hydrogen (secondary N) is 1. The number of rotatable bonds is 2. The maximum Gasteiger partial charge on any atom is 0.105 e. The highest BCUT2D eigenvalue weighted by molar-refractivity contribution is 5.86. The number of H-pyrrole nitrogens is 1. The SMILES string of the molecule is CC1=C2C=C3C(O)C(O)C(N(C)C)CC34CCC2(O4)C2CC=C(c3ccc4c(C)[nH]nc4c3)C2(C)C1. The Hall–Kier alpha value is -2.25. The van der Waals surface area contributed by atoms with Crippen molar-refractivity contribution in [2.24, 2.45) is 11.3 Å². The summed E-state index contributed by atoms with van der Waals surface area (Å²) in [6, 6.07) is 6.56. The van der Waals surface area contributed by atoms with Gasteiger partial charge < -0.3 is 19.8 Å². The molecule has 2 aliphatic heterocycles. The van der Waals surface area contributed by atoms with Crippen molar-refractivity contribution >= 4 is 16.5 Å². The van der Waals surface area contributed by atoms with E-state index in [2.05, 4.69) is 61.3 Å². The highest BCUT2D eigenvalue weighted by atomic mass is 16.5. The second kappa shape index (κ2) is 7.19. The van der Waals surface area contributed by atoms with Crippen molar-refractivity contribution < 1.29 is 14.9 Å². The third-order valence-corrected chi connectivity index (χ3v) is 10.5. The summed E-state index contributed by atoms with van der Waals surface area (Å²) in [5.41, 5.74) is 7.42. The molecule has 0 amide bonds. The molecule has 7 unspecified atom stereocenters. The Kier molecular flexibility index (Phi) is 4.58. The van der Waals surface area contributed by atoms with Crippen LogP contribution < -0.4 is 0 Å². The molecule has 7 rings (SSSR count). The van der Waals surface area contributed by atoms with E-state index in [9.17, 15) is 10.2 Å². The van der Waals surface area contributed by atoms with Crippen molar-refractivity contribution in [3.8, 4) is 0 Å². The van der Waals surface area contributed by atoms with Gasteiger partial charge in [0.15, 0.2) is 0 Å². The Morgan fingerprint density at radius 1 is 1.17 bits per heavy atom. The monoisotopic (exact) mass is 487 g/mol. The number of aryl methyl sites for hydroxylation is 1. The molecule has 2 aromatic rings. The van der Waals surface area contributed by atoms with Crippen LogP contribution in [0.3, 0.4) is 0 Å². The molecule has 1 saturated carbocycles. The molecule has 6 heteroatoms. The number of hydrogen-bond donors (Lipinski definition) is 3. The second-order valence-electron chi connectivity index (χ2n) is 12.5. The van der Waals surface area contributed by atoms with Crippen molar-refractivity contribution in [2.75, 3.05) is 14.1 Å². The maximum atomic E-state index is 11.2. The van der Waals surface area contributed by atoms with Crippen LogP contribution in [0.5, 0.6) is 0 Å². The average Bonchev–Trinajstić information content (AvgIpc) is 3.48. The summed E-state index contributed by atoms with van der Waals surface area (Å²) in [5.74, 6) is 0.342. The zero-order valence-electron chi connectivity index (χ0n) is 21.9. The highest BCUT2D eigenvalue weighted by Gasteiger charge is 2.68. The van der Waals surface area contributed by atoms with Gasteiger partial charge in [-0.15, -0.1) is 0 Å². The third-order valence-electron chi connectivity index (χ3n) is 10.5. The van der Waals surface area contributed by atoms with Crippen molar-refractivity contribution in [1.82, 2.24) is 15.1 Å². The van der Waals surface area contributed by atoms with Crippen LogP contribution >= 0.6 is 0 Å². The molecule has 2 fully saturated rings. The lowest BCUT2D eigenvalue weighted by Gasteiger charge is -2.56. The lowest BCUT2D eigenvalue weighted by atomic mass is 9.56. The number of aliphatic hydroxyl groups excluding tert-OH is 2. The number of fused-ring (bicyclic) bond motifs is 2. The normalized spacial score (nSPS) is 41.3. The number of likely N-dealkylation sites (N-methyl/N-ethyl adjacent to an activating group) is 1. The first-order valence-electron chi connectivity index (χ1n) is 13.4. The van der Waals surface area contributed by atoms with Crippen LogP contribution in [0.15, 0.2) is 47.1 Å². The molecule has 2 spiro atoms. The zero-order valence-corrected chi connectivity index (χ0v) is 21.9. The Bertz CT molecular complexity index is 1380. The fraction of sp³-hybridized carbons (Fsp3) is 0.567. The van der Waals surface area contributed by atoms with Crippen molar-refractivity contribution in [3.05, 3.63) is 58.3 Å². The molecule has 2 bridgehead atoms. The molecule has 5 aliphatic rings. The van der Waals surface area contributed by atoms with Crippen molar-refractivity contribution in [3.63, 3.8) is 0 Å². The number of benzene rings is 1. The molecular formula is C30H37N3O3. The van der Waals surface area contributed by atoms with Crippen LogP contribution in [0.2, 0.25) is 0 Å². The van der Waals surface area contributed by atoms with Crippen LogP contribution in [0.4, 0.5) is 0 Å². The minimum absolute atomic E-state index is 0.0305. The molecule has 3 N–H and O–H groups in total. The minimum atomic E-state index is -0.892. The van der Waals surface area contributed by atoms with E-state index in [0.717, 1.165) is 48.9 Å². The van der Waals surface area contributed by atoms with Crippen LogP contribution in [-0.2, 0) is 4.74 Å². The fourth-order valence-corrected chi connectivity index (χ4v) is 8.76. The number of nitrogens with zero attached hydrogens (tertiary/aromatic N) is 2. The summed E-state index contributed by atoms with van der Waals surface area (Å²) in [5, 5.41) is 31.0. The van der Waals surface area contributed by atoms with E-state index in [1.807, 2.05) is 19.0 Å². The van der Waals surface area contributed by atoms with Gasteiger partial charge in [-0.1, -0.05) is 36.8 Å². The van der Waals surface area contributed by atoms with Crippen LogP contribution in [0.25, 0.3) is 16.5 Å². The molecule has 1 aromatic heterocycles. The first kappa shape index (κ1) is 22.9. The highest BCUT2D eigenvalue weighted by Crippen LogP contribution is 2.69. The Morgan fingerprint density at radius 3 is 2.75 bits per heavy atom. The zero-order chi connectivity index (χ0) is 25.2. The molecule has 1 saturated heterocycles. The topological polar surface area (TPSA) is 81.6 Å². The van der Waals surface area contributed by atoms with E-state index in [0.29, 0.717) is 5.92 Å². The van der Waals surface area contributed by atoms with Crippen LogP contribution in [-0.4, -0.2) is 68.9 Å². The van der Waals surface area contributed by atoms with Gasteiger partial charge in [-0.05, 0) is 88.4 Å². The number of aromatic amines is 1. The first-order valence-corrected chi connectivity index (χ1v) is 13.4. The molecule has 7 atom stereocenters. The van der Waals surface area contributed by atoms with Gasteiger partial charge in [-0.3, -0.25) is 5.10 Å². The number of aromatic nitrogens is 2. The van der Waals surface area contributed by atoms with Crippen molar-refractivity contribution in [1.29, 1.82) is 0 Å². The van der Waals surface area contributed by atoms with Crippen LogP contribution in [0, 0.1) is 18.3 Å². The van der Waals surface area contributed by atoms with Gasteiger partial charge in [-0.2, -0.15) is 5.10 Å². The molecule has 3 aliphatic carbocycles.